The standard InChI is InChI=1S/C18H17N3/c19-17-14-8-4-5-9-15(14)20-16-10-11-21(18(16)17)12-13-6-2-1-3-7-13/h1-9H,10-12H2,(H2,19,20). The number of nitrogens with zero attached hydrogens (tertiary/aromatic N) is 2. The highest BCUT2D eigenvalue weighted by Crippen LogP contribution is 2.38. The first-order valence-corrected chi connectivity index (χ1v) is 7.29. The van der Waals surface area contributed by atoms with E-state index in [1.165, 1.54) is 5.56 Å². The van der Waals surface area contributed by atoms with Crippen LogP contribution in [0, 0.1) is 0 Å². The number of fused-ring (bicyclic) bond motifs is 2. The monoisotopic (exact) mass is 275 g/mol. The molecule has 1 aliphatic heterocycles. The van der Waals surface area contributed by atoms with Crippen molar-refractivity contribution in [1.29, 1.82) is 0 Å². The molecular formula is C18H17N3. The summed E-state index contributed by atoms with van der Waals surface area (Å²) in [6, 6.07) is 18.6. The van der Waals surface area contributed by atoms with Gasteiger partial charge in [-0.05, 0) is 11.6 Å². The molecule has 1 aromatic heterocycles. The molecule has 4 rings (SSSR count). The van der Waals surface area contributed by atoms with Crippen LogP contribution in [0.2, 0.25) is 0 Å². The largest absolute Gasteiger partial charge is 0.396 e. The van der Waals surface area contributed by atoms with E-state index in [9.17, 15) is 0 Å². The number of nitrogen functional groups attached to an aromatic ring is 1. The van der Waals surface area contributed by atoms with E-state index >= 15 is 0 Å². The Hall–Kier alpha value is -2.55. The number of hydrogen-bond acceptors (Lipinski definition) is 3. The predicted octanol–water partition coefficient (Wildman–Crippen LogP) is 3.38. The summed E-state index contributed by atoms with van der Waals surface area (Å²) in [5, 5.41) is 1.05. The van der Waals surface area contributed by atoms with Gasteiger partial charge < -0.3 is 10.6 Å². The maximum absolute atomic E-state index is 6.43. The number of anilines is 2. The highest BCUT2D eigenvalue weighted by molar-refractivity contribution is 5.98. The summed E-state index contributed by atoms with van der Waals surface area (Å²) in [7, 11) is 0. The lowest BCUT2D eigenvalue weighted by Crippen LogP contribution is -2.20. The number of rotatable bonds is 2. The molecule has 3 aromatic rings. The molecule has 2 N–H and O–H groups in total. The van der Waals surface area contributed by atoms with Crippen LogP contribution < -0.4 is 10.6 Å². The van der Waals surface area contributed by atoms with Gasteiger partial charge in [-0.3, -0.25) is 4.98 Å². The van der Waals surface area contributed by atoms with Gasteiger partial charge in [-0.25, -0.2) is 0 Å². The molecule has 21 heavy (non-hydrogen) atoms. The van der Waals surface area contributed by atoms with Crippen LogP contribution in [0.25, 0.3) is 10.9 Å². The second kappa shape index (κ2) is 4.77. The number of aromatic nitrogens is 1. The first kappa shape index (κ1) is 12.2. The Morgan fingerprint density at radius 1 is 1.00 bits per heavy atom. The lowest BCUT2D eigenvalue weighted by molar-refractivity contribution is 0.835. The zero-order valence-corrected chi connectivity index (χ0v) is 11.8. The van der Waals surface area contributed by atoms with Crippen LogP contribution >= 0.6 is 0 Å². The summed E-state index contributed by atoms with van der Waals surface area (Å²) in [4.78, 5) is 7.13. The zero-order valence-electron chi connectivity index (χ0n) is 11.8. The van der Waals surface area contributed by atoms with Crippen LogP contribution in [-0.4, -0.2) is 11.5 Å². The van der Waals surface area contributed by atoms with Crippen LogP contribution in [0.3, 0.4) is 0 Å². The Kier molecular flexibility index (Phi) is 2.78. The molecule has 0 unspecified atom stereocenters. The van der Waals surface area contributed by atoms with Crippen molar-refractivity contribution in [3.8, 4) is 0 Å². The maximum Gasteiger partial charge on any atom is 0.0829 e. The summed E-state index contributed by atoms with van der Waals surface area (Å²) < 4.78 is 0. The third kappa shape index (κ3) is 2.02. The maximum atomic E-state index is 6.43. The van der Waals surface area contributed by atoms with Crippen molar-refractivity contribution in [2.24, 2.45) is 0 Å². The molecule has 2 heterocycles. The summed E-state index contributed by atoms with van der Waals surface area (Å²) in [5.41, 5.74) is 11.8. The molecule has 0 atom stereocenters. The summed E-state index contributed by atoms with van der Waals surface area (Å²) in [5.74, 6) is 0. The normalized spacial score (nSPS) is 13.6. The van der Waals surface area contributed by atoms with Crippen LogP contribution in [0.1, 0.15) is 11.3 Å². The Morgan fingerprint density at radius 2 is 1.76 bits per heavy atom. The lowest BCUT2D eigenvalue weighted by Gasteiger charge is -2.21. The molecule has 0 saturated heterocycles. The molecule has 3 heteroatoms. The molecule has 0 saturated carbocycles. The van der Waals surface area contributed by atoms with Crippen LogP contribution in [0.15, 0.2) is 54.6 Å². The minimum atomic E-state index is 0.865. The predicted molar refractivity (Wildman–Crippen MR) is 87.4 cm³/mol. The van der Waals surface area contributed by atoms with Gasteiger partial charge in [-0.1, -0.05) is 48.5 Å². The molecule has 104 valence electrons. The second-order valence-corrected chi connectivity index (χ2v) is 5.50. The lowest BCUT2D eigenvalue weighted by atomic mass is 10.1. The van der Waals surface area contributed by atoms with Crippen molar-refractivity contribution in [2.45, 2.75) is 13.0 Å². The van der Waals surface area contributed by atoms with Crippen LogP contribution in [0.5, 0.6) is 0 Å². The zero-order chi connectivity index (χ0) is 14.2. The average Bonchev–Trinajstić information content (AvgIpc) is 2.92. The van der Waals surface area contributed by atoms with E-state index in [1.54, 1.807) is 0 Å². The Labute approximate surface area is 124 Å². The van der Waals surface area contributed by atoms with E-state index in [1.807, 2.05) is 24.3 Å². The number of pyridine rings is 1. The van der Waals surface area contributed by atoms with Crippen LogP contribution in [0.4, 0.5) is 11.4 Å². The molecule has 0 spiro atoms. The molecule has 1 aliphatic rings. The van der Waals surface area contributed by atoms with E-state index in [4.69, 9.17) is 10.7 Å². The molecule has 2 aromatic carbocycles. The quantitative estimate of drug-likeness (QED) is 0.779. The minimum absolute atomic E-state index is 0.865. The molecule has 0 bridgehead atoms. The third-order valence-electron chi connectivity index (χ3n) is 4.13. The first-order chi connectivity index (χ1) is 10.3. The van der Waals surface area contributed by atoms with E-state index in [0.29, 0.717) is 0 Å². The van der Waals surface area contributed by atoms with Crippen molar-refractivity contribution in [1.82, 2.24) is 4.98 Å². The average molecular weight is 275 g/mol. The van der Waals surface area contributed by atoms with Crippen molar-refractivity contribution >= 4 is 22.3 Å². The number of para-hydroxylation sites is 1. The molecule has 0 amide bonds. The SMILES string of the molecule is Nc1c2c(nc3ccccc13)CCN2Cc1ccccc1. The first-order valence-electron chi connectivity index (χ1n) is 7.29. The fourth-order valence-corrected chi connectivity index (χ4v) is 3.12. The molecule has 0 aliphatic carbocycles. The van der Waals surface area contributed by atoms with Gasteiger partial charge in [-0.15, -0.1) is 0 Å². The summed E-state index contributed by atoms with van der Waals surface area (Å²) in [6.07, 6.45) is 0.969. The molecule has 0 fully saturated rings. The Balaban J connectivity index is 1.79. The Bertz CT molecular complexity index is 796. The van der Waals surface area contributed by atoms with Gasteiger partial charge in [-0.2, -0.15) is 0 Å². The minimum Gasteiger partial charge on any atom is -0.396 e. The molecule has 0 radical (unpaired) electrons. The van der Waals surface area contributed by atoms with E-state index in [0.717, 1.165) is 47.5 Å². The second-order valence-electron chi connectivity index (χ2n) is 5.50. The van der Waals surface area contributed by atoms with Gasteiger partial charge in [0, 0.05) is 24.9 Å². The summed E-state index contributed by atoms with van der Waals surface area (Å²) >= 11 is 0. The van der Waals surface area contributed by atoms with E-state index < -0.39 is 0 Å². The highest BCUT2D eigenvalue weighted by Gasteiger charge is 2.24. The summed E-state index contributed by atoms with van der Waals surface area (Å²) in [6.45, 7) is 1.87. The van der Waals surface area contributed by atoms with Crippen LogP contribution in [-0.2, 0) is 13.0 Å². The highest BCUT2D eigenvalue weighted by atomic mass is 15.2. The van der Waals surface area contributed by atoms with E-state index in [-0.39, 0.29) is 0 Å². The van der Waals surface area contributed by atoms with Crippen molar-refractivity contribution < 1.29 is 0 Å². The van der Waals surface area contributed by atoms with Crippen molar-refractivity contribution in [2.75, 3.05) is 17.2 Å². The van der Waals surface area contributed by atoms with Gasteiger partial charge in [0.2, 0.25) is 0 Å². The fourth-order valence-electron chi connectivity index (χ4n) is 3.12. The topological polar surface area (TPSA) is 42.1 Å². The van der Waals surface area contributed by atoms with Crippen molar-refractivity contribution in [3.05, 3.63) is 65.9 Å². The number of benzene rings is 2. The van der Waals surface area contributed by atoms with Gasteiger partial charge in [0.25, 0.3) is 0 Å². The molecular weight excluding hydrogens is 258 g/mol. The fraction of sp³-hybridized carbons (Fsp3) is 0.167. The molecule has 3 nitrogen and oxygen atoms in total. The van der Waals surface area contributed by atoms with Crippen molar-refractivity contribution in [3.63, 3.8) is 0 Å². The third-order valence-corrected chi connectivity index (χ3v) is 4.13. The van der Waals surface area contributed by atoms with Gasteiger partial charge in [0.1, 0.15) is 0 Å². The van der Waals surface area contributed by atoms with Gasteiger partial charge in [0.15, 0.2) is 0 Å². The number of nitrogens with two attached hydrogens (primary N) is 1. The van der Waals surface area contributed by atoms with Gasteiger partial charge >= 0.3 is 0 Å². The Morgan fingerprint density at radius 3 is 2.62 bits per heavy atom. The van der Waals surface area contributed by atoms with Gasteiger partial charge in [0.05, 0.1) is 22.6 Å². The van der Waals surface area contributed by atoms with E-state index in [2.05, 4.69) is 35.2 Å². The smallest absolute Gasteiger partial charge is 0.0829 e. The number of hydrogen-bond donors (Lipinski definition) is 1.